The average Bonchev–Trinajstić information content (AvgIpc) is 3.63. The number of allylic oxidation sites excluding steroid dienone is 1. The summed E-state index contributed by atoms with van der Waals surface area (Å²) in [6.07, 6.45) is -0.404. The fourth-order valence-electron chi connectivity index (χ4n) is 4.99. The SMILES string of the molecule is C=CCCCCN(C)C(=O)[C@@H]1C[C@H](Oc2cc(-n3ccc(C(F)(F)F)n3)nc3c(Cl)c(OC)ccc23)CN1C(=O)OC(C)(C)C. The van der Waals surface area contributed by atoms with E-state index in [2.05, 4.69) is 16.7 Å². The minimum Gasteiger partial charge on any atom is -0.495 e. The number of hydrogen-bond donors (Lipinski definition) is 0. The van der Waals surface area contributed by atoms with Gasteiger partial charge in [0.2, 0.25) is 5.91 Å². The number of likely N-dealkylation sites (tertiary alicyclic amines) is 1. The van der Waals surface area contributed by atoms with Crippen molar-refractivity contribution in [2.75, 3.05) is 27.2 Å². The number of nitrogens with zero attached hydrogens (tertiary/aromatic N) is 5. The molecule has 1 fully saturated rings. The lowest BCUT2D eigenvalue weighted by atomic mass is 10.1. The van der Waals surface area contributed by atoms with Crippen molar-refractivity contribution >= 4 is 34.5 Å². The first kappa shape index (κ1) is 33.9. The van der Waals surface area contributed by atoms with Crippen LogP contribution in [0.5, 0.6) is 11.5 Å². The molecule has 3 aromatic rings. The first-order chi connectivity index (χ1) is 21.1. The van der Waals surface area contributed by atoms with E-state index >= 15 is 0 Å². The monoisotopic (exact) mass is 651 g/mol. The quantitative estimate of drug-likeness (QED) is 0.178. The molecule has 14 heteroatoms. The molecule has 1 aliphatic heterocycles. The lowest BCUT2D eigenvalue weighted by Gasteiger charge is -2.30. The second-order valence-electron chi connectivity index (χ2n) is 11.8. The molecule has 1 saturated heterocycles. The van der Waals surface area contributed by atoms with Crippen LogP contribution in [0.4, 0.5) is 18.0 Å². The number of rotatable bonds is 10. The van der Waals surface area contributed by atoms with Gasteiger partial charge in [0, 0.05) is 37.7 Å². The summed E-state index contributed by atoms with van der Waals surface area (Å²) in [4.78, 5) is 34.3. The Kier molecular flexibility index (Phi) is 10.2. The van der Waals surface area contributed by atoms with Crippen molar-refractivity contribution < 1.29 is 37.0 Å². The molecule has 10 nitrogen and oxygen atoms in total. The number of ether oxygens (including phenoxy) is 3. The van der Waals surface area contributed by atoms with Crippen LogP contribution in [0, 0.1) is 0 Å². The van der Waals surface area contributed by atoms with E-state index in [0.29, 0.717) is 17.7 Å². The van der Waals surface area contributed by atoms with Crippen LogP contribution < -0.4 is 9.47 Å². The molecule has 244 valence electrons. The third kappa shape index (κ3) is 7.99. The van der Waals surface area contributed by atoms with Crippen LogP contribution in [-0.4, -0.2) is 81.6 Å². The molecule has 0 aliphatic carbocycles. The lowest BCUT2D eigenvalue weighted by molar-refractivity contribution is -0.141. The number of carbonyl (C=O) groups excluding carboxylic acids is 2. The number of fused-ring (bicyclic) bond motifs is 1. The maximum Gasteiger partial charge on any atom is 0.435 e. The minimum atomic E-state index is -4.66. The molecule has 0 spiro atoms. The van der Waals surface area contributed by atoms with E-state index in [1.54, 1.807) is 44.9 Å². The van der Waals surface area contributed by atoms with Gasteiger partial charge in [-0.2, -0.15) is 18.3 Å². The molecule has 2 aromatic heterocycles. The second-order valence-corrected chi connectivity index (χ2v) is 12.1. The van der Waals surface area contributed by atoms with Crippen molar-refractivity contribution in [2.24, 2.45) is 0 Å². The van der Waals surface area contributed by atoms with Gasteiger partial charge in [-0.1, -0.05) is 17.7 Å². The average molecular weight is 652 g/mol. The molecule has 0 N–H and O–H groups in total. The van der Waals surface area contributed by atoms with Crippen molar-refractivity contribution in [2.45, 2.75) is 70.4 Å². The molecular weight excluding hydrogens is 615 g/mol. The van der Waals surface area contributed by atoms with Gasteiger partial charge in [-0.15, -0.1) is 6.58 Å². The molecule has 0 saturated carbocycles. The first-order valence-electron chi connectivity index (χ1n) is 14.5. The fraction of sp³-hybridized carbons (Fsp3) is 0.484. The van der Waals surface area contributed by atoms with E-state index in [1.807, 2.05) is 6.08 Å². The highest BCUT2D eigenvalue weighted by Gasteiger charge is 2.44. The van der Waals surface area contributed by atoms with Crippen LogP contribution >= 0.6 is 11.6 Å². The highest BCUT2D eigenvalue weighted by Crippen LogP contribution is 2.38. The summed E-state index contributed by atoms with van der Waals surface area (Å²) in [6, 6.07) is 4.70. The van der Waals surface area contributed by atoms with Crippen LogP contribution in [0.2, 0.25) is 5.02 Å². The zero-order valence-corrected chi connectivity index (χ0v) is 26.6. The minimum absolute atomic E-state index is 0.0111. The summed E-state index contributed by atoms with van der Waals surface area (Å²) < 4.78 is 58.2. The van der Waals surface area contributed by atoms with Gasteiger partial charge in [0.05, 0.1) is 19.2 Å². The maximum absolute atomic E-state index is 13.6. The number of benzene rings is 1. The van der Waals surface area contributed by atoms with Gasteiger partial charge in [0.25, 0.3) is 0 Å². The van der Waals surface area contributed by atoms with Gasteiger partial charge in [-0.25, -0.2) is 14.5 Å². The van der Waals surface area contributed by atoms with Gasteiger partial charge in [-0.05, 0) is 58.2 Å². The molecule has 1 aromatic carbocycles. The Balaban J connectivity index is 1.69. The summed E-state index contributed by atoms with van der Waals surface area (Å²) in [7, 11) is 3.11. The number of likely N-dealkylation sites (N-methyl/N-ethyl adjacent to an activating group) is 1. The van der Waals surface area contributed by atoms with E-state index < -0.39 is 35.7 Å². The number of hydrogen-bond acceptors (Lipinski definition) is 7. The van der Waals surface area contributed by atoms with Crippen molar-refractivity contribution in [3.05, 3.63) is 53.8 Å². The second kappa shape index (κ2) is 13.6. The zero-order chi connectivity index (χ0) is 33.1. The third-order valence-electron chi connectivity index (χ3n) is 7.16. The van der Waals surface area contributed by atoms with Crippen molar-refractivity contribution in [3.63, 3.8) is 0 Å². The molecule has 2 atom stereocenters. The summed E-state index contributed by atoms with van der Waals surface area (Å²) in [5, 5.41) is 4.21. The molecule has 0 bridgehead atoms. The predicted octanol–water partition coefficient (Wildman–Crippen LogP) is 6.67. The summed E-state index contributed by atoms with van der Waals surface area (Å²) in [5.41, 5.74) is -1.69. The van der Waals surface area contributed by atoms with E-state index in [4.69, 9.17) is 25.8 Å². The Morgan fingerprint density at radius 1 is 1.18 bits per heavy atom. The van der Waals surface area contributed by atoms with Crippen LogP contribution in [-0.2, 0) is 15.7 Å². The van der Waals surface area contributed by atoms with Crippen LogP contribution in [0.1, 0.15) is 52.1 Å². The number of carbonyl (C=O) groups is 2. The molecule has 0 radical (unpaired) electrons. The standard InChI is InChI=1S/C31H37ClF3N5O5/c1-7-8-9-10-14-38(5)28(41)21-16-19(18-39(21)29(42)45-30(2,3)4)44-23-17-25(40-15-13-24(37-40)31(33,34)35)36-27-20(23)11-12-22(43-6)26(27)32/h7,11-13,15,17,19,21H,1,8-10,14,16,18H2,2-6H3/t19-,21-/m0/s1. The first-order valence-corrected chi connectivity index (χ1v) is 14.8. The van der Waals surface area contributed by atoms with E-state index in [1.165, 1.54) is 18.1 Å². The molecule has 45 heavy (non-hydrogen) atoms. The normalized spacial score (nSPS) is 17.0. The fourth-order valence-corrected chi connectivity index (χ4v) is 5.28. The highest BCUT2D eigenvalue weighted by atomic mass is 35.5. The number of methoxy groups -OCH3 is 1. The smallest absolute Gasteiger partial charge is 0.435 e. The predicted molar refractivity (Wildman–Crippen MR) is 163 cm³/mol. The van der Waals surface area contributed by atoms with Gasteiger partial charge in [0.15, 0.2) is 11.5 Å². The molecule has 2 amide bonds. The molecule has 1 aliphatic rings. The van der Waals surface area contributed by atoms with Gasteiger partial charge in [-0.3, -0.25) is 9.69 Å². The highest BCUT2D eigenvalue weighted by molar-refractivity contribution is 6.36. The number of unbranched alkanes of at least 4 members (excludes halogenated alkanes) is 2. The number of pyridine rings is 1. The number of aromatic nitrogens is 3. The van der Waals surface area contributed by atoms with Crippen molar-refractivity contribution in [1.82, 2.24) is 24.6 Å². The molecule has 4 rings (SSSR count). The van der Waals surface area contributed by atoms with Gasteiger partial charge < -0.3 is 19.1 Å². The Hall–Kier alpha value is -4.00. The number of alkyl halides is 3. The zero-order valence-electron chi connectivity index (χ0n) is 25.9. The number of halogens is 4. The molecular formula is C31H37ClF3N5O5. The Morgan fingerprint density at radius 3 is 2.53 bits per heavy atom. The molecule has 3 heterocycles. The Morgan fingerprint density at radius 2 is 1.91 bits per heavy atom. The van der Waals surface area contributed by atoms with E-state index in [-0.39, 0.29) is 41.0 Å². The Labute approximate surface area is 264 Å². The van der Waals surface area contributed by atoms with Crippen LogP contribution in [0.25, 0.3) is 16.7 Å². The largest absolute Gasteiger partial charge is 0.495 e. The van der Waals surface area contributed by atoms with E-state index in [0.717, 1.165) is 36.2 Å². The maximum atomic E-state index is 13.6. The summed E-state index contributed by atoms with van der Waals surface area (Å²) in [5.74, 6) is 0.283. The van der Waals surface area contributed by atoms with E-state index in [9.17, 15) is 22.8 Å². The van der Waals surface area contributed by atoms with Crippen molar-refractivity contribution in [3.8, 4) is 17.3 Å². The summed E-state index contributed by atoms with van der Waals surface area (Å²) in [6.45, 7) is 9.46. The molecule has 0 unspecified atom stereocenters. The van der Waals surface area contributed by atoms with Crippen LogP contribution in [0.3, 0.4) is 0 Å². The van der Waals surface area contributed by atoms with Gasteiger partial charge in [0.1, 0.15) is 34.3 Å². The van der Waals surface area contributed by atoms with Crippen molar-refractivity contribution in [1.29, 1.82) is 0 Å². The number of amides is 2. The lowest BCUT2D eigenvalue weighted by Crippen LogP contribution is -2.48. The Bertz CT molecular complexity index is 1550. The summed E-state index contributed by atoms with van der Waals surface area (Å²) >= 11 is 6.58. The van der Waals surface area contributed by atoms with Crippen LogP contribution in [0.15, 0.2) is 43.1 Å². The topological polar surface area (TPSA) is 99.0 Å². The van der Waals surface area contributed by atoms with Gasteiger partial charge >= 0.3 is 12.3 Å². The third-order valence-corrected chi connectivity index (χ3v) is 7.53.